The number of Topliss-reactive ketones (excluding diaryl/α,β-unsaturated/α-hetero) is 1. The number of benzene rings is 1. The van der Waals surface area contributed by atoms with Crippen molar-refractivity contribution in [2.24, 2.45) is 0 Å². The third-order valence-electron chi connectivity index (χ3n) is 2.86. The van der Waals surface area contributed by atoms with Crippen molar-refractivity contribution >= 4 is 17.4 Å². The maximum atomic E-state index is 12.0. The third kappa shape index (κ3) is 5.17. The molecule has 1 aromatic carbocycles. The minimum Gasteiger partial charge on any atom is -0.383 e. The van der Waals surface area contributed by atoms with Gasteiger partial charge in [-0.25, -0.2) is 0 Å². The van der Waals surface area contributed by atoms with Gasteiger partial charge in [-0.1, -0.05) is 30.7 Å². The summed E-state index contributed by atoms with van der Waals surface area (Å²) in [7, 11) is 1.69. The van der Waals surface area contributed by atoms with E-state index in [-0.39, 0.29) is 5.78 Å². The van der Waals surface area contributed by atoms with E-state index in [4.69, 9.17) is 16.3 Å². The number of methoxy groups -OCH3 is 1. The second-order valence-corrected chi connectivity index (χ2v) is 4.55. The second kappa shape index (κ2) is 8.25. The Labute approximate surface area is 114 Å². The SMILES string of the molecule is CCN(CCOC)CCC(=O)c1cccc(Cl)c1. The Morgan fingerprint density at radius 1 is 1.39 bits per heavy atom. The minimum absolute atomic E-state index is 0.133. The zero-order valence-corrected chi connectivity index (χ0v) is 11.7. The lowest BCUT2D eigenvalue weighted by Gasteiger charge is -2.19. The highest BCUT2D eigenvalue weighted by atomic mass is 35.5. The van der Waals surface area contributed by atoms with Crippen LogP contribution in [0.4, 0.5) is 0 Å². The molecule has 1 rings (SSSR count). The van der Waals surface area contributed by atoms with Gasteiger partial charge in [0.15, 0.2) is 5.78 Å². The molecule has 0 aromatic heterocycles. The summed E-state index contributed by atoms with van der Waals surface area (Å²) >= 11 is 5.87. The van der Waals surface area contributed by atoms with Gasteiger partial charge in [0.05, 0.1) is 6.61 Å². The van der Waals surface area contributed by atoms with Crippen LogP contribution in [-0.4, -0.2) is 44.0 Å². The van der Waals surface area contributed by atoms with Crippen LogP contribution in [0.15, 0.2) is 24.3 Å². The Balaban J connectivity index is 2.44. The van der Waals surface area contributed by atoms with Crippen molar-refractivity contribution in [1.82, 2.24) is 4.90 Å². The Morgan fingerprint density at radius 3 is 2.78 bits per heavy atom. The molecule has 0 aliphatic carbocycles. The quantitative estimate of drug-likeness (QED) is 0.680. The number of ketones is 1. The van der Waals surface area contributed by atoms with Crippen LogP contribution in [0.3, 0.4) is 0 Å². The lowest BCUT2D eigenvalue weighted by atomic mass is 10.1. The summed E-state index contributed by atoms with van der Waals surface area (Å²) in [5, 5.41) is 0.604. The Kier molecular flexibility index (Phi) is 6.94. The van der Waals surface area contributed by atoms with Gasteiger partial charge in [0.1, 0.15) is 0 Å². The van der Waals surface area contributed by atoms with Gasteiger partial charge >= 0.3 is 0 Å². The summed E-state index contributed by atoms with van der Waals surface area (Å²) in [6.45, 7) is 5.31. The number of hydrogen-bond acceptors (Lipinski definition) is 3. The molecule has 0 amide bonds. The molecule has 0 atom stereocenters. The van der Waals surface area contributed by atoms with Crippen LogP contribution in [0.25, 0.3) is 0 Å². The number of nitrogens with zero attached hydrogens (tertiary/aromatic N) is 1. The molecular weight excluding hydrogens is 250 g/mol. The van der Waals surface area contributed by atoms with Gasteiger partial charge < -0.3 is 9.64 Å². The van der Waals surface area contributed by atoms with E-state index in [1.807, 2.05) is 0 Å². The zero-order valence-electron chi connectivity index (χ0n) is 11.0. The third-order valence-corrected chi connectivity index (χ3v) is 3.10. The first-order chi connectivity index (χ1) is 8.67. The first-order valence-corrected chi connectivity index (χ1v) is 6.55. The van der Waals surface area contributed by atoms with Crippen LogP contribution in [-0.2, 0) is 4.74 Å². The van der Waals surface area contributed by atoms with E-state index in [0.29, 0.717) is 23.6 Å². The van der Waals surface area contributed by atoms with Crippen LogP contribution >= 0.6 is 11.6 Å². The molecule has 0 unspecified atom stereocenters. The first-order valence-electron chi connectivity index (χ1n) is 6.17. The molecular formula is C14H20ClNO2. The lowest BCUT2D eigenvalue weighted by Crippen LogP contribution is -2.29. The fourth-order valence-electron chi connectivity index (χ4n) is 1.71. The van der Waals surface area contributed by atoms with E-state index < -0.39 is 0 Å². The summed E-state index contributed by atoms with van der Waals surface area (Å²) in [6, 6.07) is 7.10. The maximum absolute atomic E-state index is 12.0. The lowest BCUT2D eigenvalue weighted by molar-refractivity contribution is 0.0952. The normalized spacial score (nSPS) is 10.9. The molecule has 100 valence electrons. The molecule has 1 aromatic rings. The molecule has 0 N–H and O–H groups in total. The standard InChI is InChI=1S/C14H20ClNO2/c1-3-16(9-10-18-2)8-7-14(17)12-5-4-6-13(15)11-12/h4-6,11H,3,7-10H2,1-2H3. The van der Waals surface area contributed by atoms with E-state index in [1.165, 1.54) is 0 Å². The van der Waals surface area contributed by atoms with Gasteiger partial charge in [0.25, 0.3) is 0 Å². The van der Waals surface area contributed by atoms with Gasteiger partial charge in [-0.05, 0) is 18.7 Å². The molecule has 0 bridgehead atoms. The average molecular weight is 270 g/mol. The highest BCUT2D eigenvalue weighted by molar-refractivity contribution is 6.31. The van der Waals surface area contributed by atoms with Crippen molar-refractivity contribution in [3.05, 3.63) is 34.9 Å². The summed E-state index contributed by atoms with van der Waals surface area (Å²) in [5.74, 6) is 0.133. The average Bonchev–Trinajstić information content (AvgIpc) is 2.38. The Morgan fingerprint density at radius 2 is 2.17 bits per heavy atom. The molecule has 0 saturated carbocycles. The molecule has 0 radical (unpaired) electrons. The summed E-state index contributed by atoms with van der Waals surface area (Å²) in [5.41, 5.74) is 0.685. The summed E-state index contributed by atoms with van der Waals surface area (Å²) < 4.78 is 5.04. The van der Waals surface area contributed by atoms with E-state index >= 15 is 0 Å². The predicted octanol–water partition coefficient (Wildman–Crippen LogP) is 2.88. The zero-order chi connectivity index (χ0) is 13.4. The topological polar surface area (TPSA) is 29.5 Å². The number of hydrogen-bond donors (Lipinski definition) is 0. The number of rotatable bonds is 8. The summed E-state index contributed by atoms with van der Waals surface area (Å²) in [4.78, 5) is 14.2. The molecule has 0 saturated heterocycles. The molecule has 0 fully saturated rings. The van der Waals surface area contributed by atoms with Gasteiger partial charge in [-0.3, -0.25) is 4.79 Å². The maximum Gasteiger partial charge on any atom is 0.164 e. The highest BCUT2D eigenvalue weighted by Gasteiger charge is 2.09. The molecule has 4 heteroatoms. The molecule has 0 aliphatic rings. The van der Waals surface area contributed by atoms with Crippen LogP contribution < -0.4 is 0 Å². The molecule has 3 nitrogen and oxygen atoms in total. The van der Waals surface area contributed by atoms with Crippen molar-refractivity contribution in [2.75, 3.05) is 33.4 Å². The van der Waals surface area contributed by atoms with E-state index in [0.717, 1.165) is 19.6 Å². The van der Waals surface area contributed by atoms with Gasteiger partial charge in [0.2, 0.25) is 0 Å². The minimum atomic E-state index is 0.133. The van der Waals surface area contributed by atoms with E-state index in [1.54, 1.807) is 31.4 Å². The van der Waals surface area contributed by atoms with Crippen molar-refractivity contribution < 1.29 is 9.53 Å². The highest BCUT2D eigenvalue weighted by Crippen LogP contribution is 2.12. The Hall–Kier alpha value is -0.900. The summed E-state index contributed by atoms with van der Waals surface area (Å²) in [6.07, 6.45) is 0.512. The van der Waals surface area contributed by atoms with Crippen molar-refractivity contribution in [3.8, 4) is 0 Å². The molecule has 0 spiro atoms. The molecule has 0 heterocycles. The largest absolute Gasteiger partial charge is 0.383 e. The first kappa shape index (κ1) is 15.2. The van der Waals surface area contributed by atoms with Crippen molar-refractivity contribution in [2.45, 2.75) is 13.3 Å². The number of likely N-dealkylation sites (N-methyl/N-ethyl adjacent to an activating group) is 1. The smallest absolute Gasteiger partial charge is 0.164 e. The number of halogens is 1. The van der Waals surface area contributed by atoms with Crippen molar-refractivity contribution in [3.63, 3.8) is 0 Å². The van der Waals surface area contributed by atoms with Crippen molar-refractivity contribution in [1.29, 1.82) is 0 Å². The van der Waals surface area contributed by atoms with E-state index in [2.05, 4.69) is 11.8 Å². The van der Waals surface area contributed by atoms with Gasteiger partial charge in [0, 0.05) is 37.2 Å². The van der Waals surface area contributed by atoms with Gasteiger partial charge in [-0.15, -0.1) is 0 Å². The fraction of sp³-hybridized carbons (Fsp3) is 0.500. The van der Waals surface area contributed by atoms with Crippen LogP contribution in [0, 0.1) is 0 Å². The van der Waals surface area contributed by atoms with Gasteiger partial charge in [-0.2, -0.15) is 0 Å². The second-order valence-electron chi connectivity index (χ2n) is 4.11. The fourth-order valence-corrected chi connectivity index (χ4v) is 1.90. The van der Waals surface area contributed by atoms with Crippen LogP contribution in [0.1, 0.15) is 23.7 Å². The number of carbonyl (C=O) groups is 1. The van der Waals surface area contributed by atoms with Crippen LogP contribution in [0.2, 0.25) is 5.02 Å². The Bertz CT molecular complexity index is 382. The predicted molar refractivity (Wildman–Crippen MR) is 74.4 cm³/mol. The molecule has 18 heavy (non-hydrogen) atoms. The number of ether oxygens (including phenoxy) is 1. The van der Waals surface area contributed by atoms with Crippen LogP contribution in [0.5, 0.6) is 0 Å². The molecule has 0 aliphatic heterocycles. The number of carbonyl (C=O) groups excluding carboxylic acids is 1. The monoisotopic (exact) mass is 269 g/mol. The van der Waals surface area contributed by atoms with E-state index in [9.17, 15) is 4.79 Å².